The first kappa shape index (κ1) is 20.7. The molecule has 0 fully saturated rings. The SMILES string of the molecule is CN(CC(=O)Nc1ccc(Cl)c(C(F)(F)F)c1)C(=O)c1cccc2c1C(=O)NC2. The molecule has 0 atom stereocenters. The molecular formula is C19H15ClF3N3O3. The lowest BCUT2D eigenvalue weighted by atomic mass is 10.0. The minimum absolute atomic E-state index is 0.104. The van der Waals surface area contributed by atoms with Crippen LogP contribution in [-0.2, 0) is 17.5 Å². The van der Waals surface area contributed by atoms with E-state index in [-0.39, 0.29) is 22.7 Å². The lowest BCUT2D eigenvalue weighted by Crippen LogP contribution is -2.35. The number of likely N-dealkylation sites (N-methyl/N-ethyl adjacent to an activating group) is 1. The predicted octanol–water partition coefficient (Wildman–Crippen LogP) is 3.31. The Kier molecular flexibility index (Phi) is 5.52. The smallest absolute Gasteiger partial charge is 0.348 e. The second-order valence-corrected chi connectivity index (χ2v) is 6.83. The van der Waals surface area contributed by atoms with Crippen molar-refractivity contribution in [3.8, 4) is 0 Å². The van der Waals surface area contributed by atoms with Gasteiger partial charge >= 0.3 is 6.18 Å². The van der Waals surface area contributed by atoms with Crippen LogP contribution in [0, 0.1) is 0 Å². The summed E-state index contributed by atoms with van der Waals surface area (Å²) in [4.78, 5) is 37.9. The molecule has 0 aliphatic carbocycles. The fraction of sp³-hybridized carbons (Fsp3) is 0.211. The van der Waals surface area contributed by atoms with Crippen LogP contribution in [0.1, 0.15) is 31.8 Å². The highest BCUT2D eigenvalue weighted by Crippen LogP contribution is 2.36. The molecule has 0 bridgehead atoms. The predicted molar refractivity (Wildman–Crippen MR) is 99.7 cm³/mol. The molecule has 152 valence electrons. The van der Waals surface area contributed by atoms with Gasteiger partial charge in [0.1, 0.15) is 0 Å². The van der Waals surface area contributed by atoms with Crippen molar-refractivity contribution >= 4 is 35.0 Å². The van der Waals surface area contributed by atoms with Crippen LogP contribution in [0.25, 0.3) is 0 Å². The van der Waals surface area contributed by atoms with Crippen molar-refractivity contribution in [1.82, 2.24) is 10.2 Å². The highest BCUT2D eigenvalue weighted by Gasteiger charge is 2.33. The minimum Gasteiger partial charge on any atom is -0.348 e. The number of hydrogen-bond donors (Lipinski definition) is 2. The number of nitrogens with zero attached hydrogens (tertiary/aromatic N) is 1. The van der Waals surface area contributed by atoms with E-state index in [1.54, 1.807) is 12.1 Å². The van der Waals surface area contributed by atoms with Crippen LogP contribution in [0.4, 0.5) is 18.9 Å². The van der Waals surface area contributed by atoms with Crippen LogP contribution in [0.2, 0.25) is 5.02 Å². The minimum atomic E-state index is -4.67. The number of hydrogen-bond acceptors (Lipinski definition) is 3. The number of amides is 3. The van der Waals surface area contributed by atoms with Gasteiger partial charge in [-0.25, -0.2) is 0 Å². The molecule has 0 radical (unpaired) electrons. The van der Waals surface area contributed by atoms with Crippen molar-refractivity contribution in [2.45, 2.75) is 12.7 Å². The van der Waals surface area contributed by atoms with Gasteiger partial charge in [0.05, 0.1) is 28.3 Å². The number of fused-ring (bicyclic) bond motifs is 1. The van der Waals surface area contributed by atoms with E-state index in [0.717, 1.165) is 17.0 Å². The third kappa shape index (κ3) is 4.34. The molecule has 29 heavy (non-hydrogen) atoms. The van der Waals surface area contributed by atoms with E-state index in [2.05, 4.69) is 10.6 Å². The van der Waals surface area contributed by atoms with Crippen LogP contribution in [0.3, 0.4) is 0 Å². The van der Waals surface area contributed by atoms with E-state index >= 15 is 0 Å². The van der Waals surface area contributed by atoms with E-state index in [1.807, 2.05) is 0 Å². The molecule has 1 aliphatic rings. The molecule has 0 saturated heterocycles. The number of carbonyl (C=O) groups excluding carboxylic acids is 3. The van der Waals surface area contributed by atoms with Crippen molar-refractivity contribution in [2.75, 3.05) is 18.9 Å². The lowest BCUT2D eigenvalue weighted by Gasteiger charge is -2.18. The first-order valence-corrected chi connectivity index (χ1v) is 8.78. The molecule has 0 spiro atoms. The van der Waals surface area contributed by atoms with Crippen molar-refractivity contribution in [1.29, 1.82) is 0 Å². The summed E-state index contributed by atoms with van der Waals surface area (Å²) >= 11 is 5.55. The van der Waals surface area contributed by atoms with Crippen molar-refractivity contribution in [2.24, 2.45) is 0 Å². The van der Waals surface area contributed by atoms with Gasteiger partial charge < -0.3 is 15.5 Å². The zero-order valence-corrected chi connectivity index (χ0v) is 15.8. The number of anilines is 1. The van der Waals surface area contributed by atoms with E-state index < -0.39 is 35.1 Å². The van der Waals surface area contributed by atoms with Crippen molar-refractivity contribution in [3.05, 3.63) is 63.7 Å². The Hall–Kier alpha value is -3.07. The van der Waals surface area contributed by atoms with Crippen LogP contribution < -0.4 is 10.6 Å². The first-order chi connectivity index (χ1) is 13.6. The Balaban J connectivity index is 1.71. The fourth-order valence-electron chi connectivity index (χ4n) is 2.97. The summed E-state index contributed by atoms with van der Waals surface area (Å²) in [5.74, 6) is -1.63. The molecule has 2 aromatic carbocycles. The average Bonchev–Trinajstić information content (AvgIpc) is 3.03. The number of rotatable bonds is 4. The number of carbonyl (C=O) groups is 3. The van der Waals surface area contributed by atoms with E-state index in [4.69, 9.17) is 11.6 Å². The summed E-state index contributed by atoms with van der Waals surface area (Å²) in [5, 5.41) is 4.45. The summed E-state index contributed by atoms with van der Waals surface area (Å²) in [7, 11) is 1.36. The third-order valence-corrected chi connectivity index (χ3v) is 4.66. The normalized spacial score (nSPS) is 12.9. The molecule has 1 heterocycles. The number of alkyl halides is 3. The fourth-order valence-corrected chi connectivity index (χ4v) is 3.20. The Morgan fingerprint density at radius 1 is 1.24 bits per heavy atom. The quantitative estimate of drug-likeness (QED) is 0.788. The van der Waals surface area contributed by atoms with Gasteiger partial charge in [-0.05, 0) is 29.8 Å². The second kappa shape index (κ2) is 7.75. The van der Waals surface area contributed by atoms with Gasteiger partial charge in [0.2, 0.25) is 5.91 Å². The van der Waals surface area contributed by atoms with Gasteiger partial charge in [-0.2, -0.15) is 13.2 Å². The van der Waals surface area contributed by atoms with Gasteiger partial charge in [0.15, 0.2) is 0 Å². The van der Waals surface area contributed by atoms with E-state index in [0.29, 0.717) is 12.1 Å². The van der Waals surface area contributed by atoms with Crippen molar-refractivity contribution in [3.63, 3.8) is 0 Å². The van der Waals surface area contributed by atoms with Crippen molar-refractivity contribution < 1.29 is 27.6 Å². The largest absolute Gasteiger partial charge is 0.417 e. The van der Waals surface area contributed by atoms with Crippen LogP contribution in [0.5, 0.6) is 0 Å². The topological polar surface area (TPSA) is 78.5 Å². The summed E-state index contributed by atoms with van der Waals surface area (Å²) in [6.07, 6.45) is -4.67. The second-order valence-electron chi connectivity index (χ2n) is 6.42. The summed E-state index contributed by atoms with van der Waals surface area (Å²) in [6.45, 7) is -0.105. The first-order valence-electron chi connectivity index (χ1n) is 8.40. The van der Waals surface area contributed by atoms with Crippen LogP contribution >= 0.6 is 11.6 Å². The zero-order chi connectivity index (χ0) is 21.3. The molecule has 0 aromatic heterocycles. The molecule has 10 heteroatoms. The molecule has 3 amide bonds. The number of halogens is 4. The molecule has 0 saturated carbocycles. The Bertz CT molecular complexity index is 1010. The van der Waals surface area contributed by atoms with E-state index in [9.17, 15) is 27.6 Å². The van der Waals surface area contributed by atoms with Gasteiger partial charge in [-0.1, -0.05) is 23.7 Å². The third-order valence-electron chi connectivity index (χ3n) is 4.33. The molecule has 6 nitrogen and oxygen atoms in total. The highest BCUT2D eigenvalue weighted by atomic mass is 35.5. The Morgan fingerprint density at radius 2 is 1.97 bits per heavy atom. The Labute approximate surface area is 168 Å². The van der Waals surface area contributed by atoms with Gasteiger partial charge in [0, 0.05) is 19.3 Å². The monoisotopic (exact) mass is 425 g/mol. The molecule has 1 aliphatic heterocycles. The molecule has 2 aromatic rings. The maximum Gasteiger partial charge on any atom is 0.417 e. The molecule has 0 unspecified atom stereocenters. The average molecular weight is 426 g/mol. The molecule has 3 rings (SSSR count). The maximum atomic E-state index is 12.9. The lowest BCUT2D eigenvalue weighted by molar-refractivity contribution is -0.137. The zero-order valence-electron chi connectivity index (χ0n) is 15.1. The van der Waals surface area contributed by atoms with Gasteiger partial charge in [0.25, 0.3) is 11.8 Å². The van der Waals surface area contributed by atoms with Crippen LogP contribution in [-0.4, -0.2) is 36.2 Å². The van der Waals surface area contributed by atoms with Gasteiger partial charge in [-0.15, -0.1) is 0 Å². The van der Waals surface area contributed by atoms with Crippen LogP contribution in [0.15, 0.2) is 36.4 Å². The number of nitrogens with one attached hydrogen (secondary N) is 2. The highest BCUT2D eigenvalue weighted by molar-refractivity contribution is 6.31. The summed E-state index contributed by atoms with van der Waals surface area (Å²) in [6, 6.07) is 7.81. The van der Waals surface area contributed by atoms with Gasteiger partial charge in [-0.3, -0.25) is 14.4 Å². The summed E-state index contributed by atoms with van der Waals surface area (Å²) < 4.78 is 38.8. The summed E-state index contributed by atoms with van der Waals surface area (Å²) in [5.41, 5.74) is -0.0877. The maximum absolute atomic E-state index is 12.9. The molecular weight excluding hydrogens is 411 g/mol. The molecule has 2 N–H and O–H groups in total. The van der Waals surface area contributed by atoms with E-state index in [1.165, 1.54) is 19.2 Å². The standard InChI is InChI=1S/C19H15ClF3N3O3/c1-26(18(29)12-4-2-3-10-8-24-17(28)16(10)12)9-15(27)25-11-5-6-14(20)13(7-11)19(21,22)23/h2-7H,8-9H2,1H3,(H,24,28)(H,25,27). The Morgan fingerprint density at radius 3 is 2.66 bits per heavy atom. The number of benzene rings is 2.